The summed E-state index contributed by atoms with van der Waals surface area (Å²) >= 11 is 0. The number of rotatable bonds is 2. The Labute approximate surface area is 174 Å². The Morgan fingerprint density at radius 3 is 1.89 bits per heavy atom. The van der Waals surface area contributed by atoms with Crippen molar-refractivity contribution < 1.29 is 84.7 Å². The van der Waals surface area contributed by atoms with Crippen LogP contribution in [0.4, 0.5) is 0 Å². The number of aromatic nitrogens is 1. The van der Waals surface area contributed by atoms with Crippen LogP contribution in [0.3, 0.4) is 0 Å². The molecule has 18 heteroatoms. The first-order valence-electron chi connectivity index (χ1n) is 6.00. The van der Waals surface area contributed by atoms with Crippen molar-refractivity contribution in [2.45, 2.75) is 6.54 Å². The van der Waals surface area contributed by atoms with Crippen LogP contribution in [-0.2, 0) is 28.4 Å². The number of guanidine groups is 1. The van der Waals surface area contributed by atoms with Gasteiger partial charge in [0.1, 0.15) is 0 Å². The number of nitrogens with two attached hydrogens (primary N) is 1. The maximum absolute atomic E-state index is 8.49. The predicted molar refractivity (Wildman–Crippen MR) is 65.6 cm³/mol. The summed E-state index contributed by atoms with van der Waals surface area (Å²) in [7, 11) is -7.51. The Kier molecular flexibility index (Phi) is 23.1. The summed E-state index contributed by atoms with van der Waals surface area (Å²) in [5, 5.41) is 16.6. The van der Waals surface area contributed by atoms with Gasteiger partial charge in [0.05, 0.1) is 19.3 Å². The van der Waals surface area contributed by atoms with Crippen LogP contribution < -0.4 is 48.3 Å². The van der Waals surface area contributed by atoms with Crippen LogP contribution in [0.1, 0.15) is 5.69 Å². The minimum Gasteiger partial charge on any atom is -0.468 e. The molecule has 1 aromatic heterocycles. The van der Waals surface area contributed by atoms with Crippen molar-refractivity contribution in [2.24, 2.45) is 10.7 Å². The maximum Gasteiger partial charge on any atom is 2.00 e. The molecule has 0 atom stereocenters. The molecule has 0 aliphatic heterocycles. The Morgan fingerprint density at radius 1 is 1.14 bits per heavy atom. The van der Waals surface area contributed by atoms with Crippen LogP contribution in [0.2, 0.25) is 0 Å². The number of aliphatic imine (C=N–C) groups is 1. The fourth-order valence-electron chi connectivity index (χ4n) is 0.865. The predicted octanol–water partition coefficient (Wildman–Crippen LogP) is -9.84. The molecule has 0 saturated heterocycles. The summed E-state index contributed by atoms with van der Waals surface area (Å²) in [6.07, 6.45) is 1.69. The van der Waals surface area contributed by atoms with Crippen molar-refractivity contribution in [3.63, 3.8) is 0 Å². The topological polar surface area (TPSA) is 301 Å². The molecule has 0 fully saturated rings. The van der Waals surface area contributed by atoms with Crippen LogP contribution in [-0.4, -0.2) is 36.3 Å². The van der Waals surface area contributed by atoms with Crippen LogP contribution >= 0.6 is 0 Å². The first kappa shape index (κ1) is 34.2. The van der Waals surface area contributed by atoms with Gasteiger partial charge >= 0.3 is 17.1 Å². The van der Waals surface area contributed by atoms with Crippen LogP contribution in [0.25, 0.3) is 0 Å². The average molecular weight is 502 g/mol. The van der Waals surface area contributed by atoms with Gasteiger partial charge in [0.15, 0.2) is 5.96 Å². The molecule has 15 nitrogen and oxygen atoms in total. The van der Waals surface area contributed by atoms with Gasteiger partial charge in [0.25, 0.3) is 6.02 Å². The molecule has 0 spiro atoms. The Balaban J connectivity index is -0.000000185. The van der Waals surface area contributed by atoms with E-state index in [1.165, 1.54) is 7.11 Å². The third-order valence-corrected chi connectivity index (χ3v) is 1.58. The largest absolute Gasteiger partial charge is 2.00 e. The second-order valence-electron chi connectivity index (χ2n) is 3.44. The van der Waals surface area contributed by atoms with E-state index in [1.807, 2.05) is 18.2 Å². The van der Waals surface area contributed by atoms with Gasteiger partial charge in [-0.3, -0.25) is 15.7 Å². The van der Waals surface area contributed by atoms with Gasteiger partial charge in [-0.15, -0.1) is 20.5 Å². The number of hydrogen-bond acceptors (Lipinski definition) is 13. The molecule has 1 heterocycles. The zero-order valence-electron chi connectivity index (χ0n) is 14.2. The molecule has 0 aliphatic carbocycles. The molecule has 5 N–H and O–H groups in total. The molecular formula is C10H17Cl2CuN5O10. The van der Waals surface area contributed by atoms with E-state index in [-0.39, 0.29) is 29.0 Å². The molecule has 28 heavy (non-hydrogen) atoms. The van der Waals surface area contributed by atoms with Crippen molar-refractivity contribution in [1.29, 1.82) is 5.41 Å². The Bertz CT molecular complexity index is 506. The molecule has 0 amide bonds. The van der Waals surface area contributed by atoms with Crippen molar-refractivity contribution in [1.82, 2.24) is 10.3 Å². The number of methoxy groups -OCH3 is 1. The zero-order valence-corrected chi connectivity index (χ0v) is 16.6. The van der Waals surface area contributed by atoms with E-state index < -0.39 is 20.5 Å². The summed E-state index contributed by atoms with van der Waals surface area (Å²) in [4.78, 5) is 8.06. The van der Waals surface area contributed by atoms with Crippen molar-refractivity contribution in [2.75, 3.05) is 14.2 Å². The summed E-state index contributed by atoms with van der Waals surface area (Å²) in [5.41, 5.74) is 6.30. The van der Waals surface area contributed by atoms with E-state index in [2.05, 4.69) is 20.0 Å². The van der Waals surface area contributed by atoms with Gasteiger partial charge in [-0.25, -0.2) is 42.3 Å². The molecule has 167 valence electrons. The zero-order chi connectivity index (χ0) is 22.1. The van der Waals surface area contributed by atoms with E-state index >= 15 is 0 Å². The number of ether oxygens (including phenoxy) is 1. The van der Waals surface area contributed by atoms with Gasteiger partial charge in [-0.05, 0) is 12.1 Å². The summed E-state index contributed by atoms with van der Waals surface area (Å²) in [5.74, 6) is 0.132. The summed E-state index contributed by atoms with van der Waals surface area (Å²) in [6.45, 7) is 0.372. The molecule has 0 aromatic carbocycles. The van der Waals surface area contributed by atoms with E-state index in [1.54, 1.807) is 6.20 Å². The summed E-state index contributed by atoms with van der Waals surface area (Å²) < 4.78 is 72.5. The number of aliphatic hydroxyl groups is 1. The quantitative estimate of drug-likeness (QED) is 0.166. The number of aliphatic hydroxyl groups excluding tert-OH is 1. The number of pyridine rings is 1. The monoisotopic (exact) mass is 500 g/mol. The van der Waals surface area contributed by atoms with E-state index in [4.69, 9.17) is 53.5 Å². The van der Waals surface area contributed by atoms with Crippen molar-refractivity contribution >= 4 is 12.0 Å². The smallest absolute Gasteiger partial charge is 0.468 e. The fourth-order valence-corrected chi connectivity index (χ4v) is 0.865. The van der Waals surface area contributed by atoms with Crippen molar-refractivity contribution in [3.05, 3.63) is 30.1 Å². The second kappa shape index (κ2) is 19.0. The molecule has 0 saturated carbocycles. The number of nitrogens with one attached hydrogen (secondary N) is 2. The van der Waals surface area contributed by atoms with Crippen LogP contribution in [0, 0.1) is 25.9 Å². The molecule has 1 aromatic rings. The third kappa shape index (κ3) is 44.2. The number of hydrogen-bond donors (Lipinski definition) is 4. The molecular weight excluding hydrogens is 485 g/mol. The Morgan fingerprint density at radius 2 is 1.57 bits per heavy atom. The summed E-state index contributed by atoms with van der Waals surface area (Å²) in [6, 6.07) is 5.41. The molecule has 1 radical (unpaired) electrons. The molecule has 1 rings (SSSR count). The maximum atomic E-state index is 8.49. The minimum absolute atomic E-state index is 0. The first-order valence-corrected chi connectivity index (χ1v) is 8.47. The fraction of sp³-hybridized carbons (Fsp3) is 0.300. The number of halogens is 2. The SMILES string of the molecule is CO.COC(=N)NC(N)=NCc1ccccn1.[Cu+2].[O-][Cl+3]([O-])([O-])[O-].[O-][Cl+3]([O-])([O-])[O-]. The van der Waals surface area contributed by atoms with E-state index in [0.29, 0.717) is 6.54 Å². The van der Waals surface area contributed by atoms with Gasteiger partial charge in [-0.1, -0.05) is 6.07 Å². The van der Waals surface area contributed by atoms with E-state index in [9.17, 15) is 0 Å². The van der Waals surface area contributed by atoms with Crippen LogP contribution in [0.5, 0.6) is 0 Å². The number of amidine groups is 1. The Hall–Kier alpha value is -1.37. The second-order valence-corrected chi connectivity index (χ2v) is 4.95. The standard InChI is InChI=1S/C9H13N5O.CH4O.2ClHO4.Cu/c1-15-9(11)14-8(10)13-6-7-4-2-3-5-12-7;1-2;2*2-1(3,4)5;/h2-5H,6H2,1H3,(H4,10,11,13,14);2H,1H3;2*(H,2,3,4,5);/q;;;;+2/p-2. The van der Waals surface area contributed by atoms with Gasteiger partial charge in [0, 0.05) is 13.3 Å². The molecule has 0 bridgehead atoms. The molecule has 0 unspecified atom stereocenters. The van der Waals surface area contributed by atoms with Crippen LogP contribution in [0.15, 0.2) is 29.4 Å². The number of nitrogens with zero attached hydrogens (tertiary/aromatic N) is 2. The minimum atomic E-state index is -4.94. The van der Waals surface area contributed by atoms with Gasteiger partial charge in [0.2, 0.25) is 0 Å². The molecule has 0 aliphatic rings. The first-order chi connectivity index (χ1) is 12.2. The average Bonchev–Trinajstić information content (AvgIpc) is 2.52. The third-order valence-electron chi connectivity index (χ3n) is 1.58. The van der Waals surface area contributed by atoms with Crippen molar-refractivity contribution in [3.8, 4) is 0 Å². The van der Waals surface area contributed by atoms with Gasteiger partial charge < -0.3 is 15.6 Å². The van der Waals surface area contributed by atoms with E-state index in [0.717, 1.165) is 12.8 Å². The normalized spacial score (nSPS) is 10.3. The van der Waals surface area contributed by atoms with Gasteiger partial charge in [-0.2, -0.15) is 0 Å².